The van der Waals surface area contributed by atoms with Crippen molar-refractivity contribution >= 4 is 33.5 Å². The molecule has 0 saturated heterocycles. The van der Waals surface area contributed by atoms with Gasteiger partial charge in [0, 0.05) is 23.1 Å². The maximum absolute atomic E-state index is 5.92. The Morgan fingerprint density at radius 2 is 1.79 bits per heavy atom. The number of anilines is 3. The third kappa shape index (κ3) is 3.08. The van der Waals surface area contributed by atoms with E-state index < -0.39 is 0 Å². The molecule has 7 heteroatoms. The summed E-state index contributed by atoms with van der Waals surface area (Å²) in [7, 11) is 0. The molecule has 5 aromatic rings. The molecule has 3 aromatic heterocycles. The number of fused-ring (bicyclic) bond motifs is 1. The number of nitrogens with one attached hydrogen (secondary N) is 1. The van der Waals surface area contributed by atoms with Crippen LogP contribution in [-0.4, -0.2) is 19.6 Å². The molecule has 0 unspecified atom stereocenters. The number of nitrogens with two attached hydrogens (primary N) is 1. The minimum Gasteiger partial charge on any atom is -0.399 e. The fourth-order valence-electron chi connectivity index (χ4n) is 3.20. The van der Waals surface area contributed by atoms with Crippen LogP contribution in [0.2, 0.25) is 0 Å². The maximum atomic E-state index is 5.92. The van der Waals surface area contributed by atoms with Crippen molar-refractivity contribution in [3.05, 3.63) is 78.6 Å². The summed E-state index contributed by atoms with van der Waals surface area (Å²) in [4.78, 5) is 4.60. The summed E-state index contributed by atoms with van der Waals surface area (Å²) in [5.74, 6) is 0. The predicted molar refractivity (Wildman–Crippen MR) is 114 cm³/mol. The van der Waals surface area contributed by atoms with Crippen molar-refractivity contribution in [2.75, 3.05) is 11.1 Å². The van der Waals surface area contributed by atoms with Gasteiger partial charge in [-0.3, -0.25) is 4.40 Å². The van der Waals surface area contributed by atoms with E-state index >= 15 is 0 Å². The third-order valence-electron chi connectivity index (χ3n) is 4.50. The van der Waals surface area contributed by atoms with Crippen molar-refractivity contribution < 1.29 is 0 Å². The van der Waals surface area contributed by atoms with Crippen LogP contribution < -0.4 is 11.1 Å². The van der Waals surface area contributed by atoms with E-state index in [1.165, 1.54) is 11.3 Å². The zero-order chi connectivity index (χ0) is 18.9. The molecule has 28 heavy (non-hydrogen) atoms. The van der Waals surface area contributed by atoms with Crippen molar-refractivity contribution in [1.29, 1.82) is 0 Å². The molecule has 0 atom stereocenters. The number of rotatable bonds is 4. The van der Waals surface area contributed by atoms with E-state index in [0.29, 0.717) is 0 Å². The molecule has 0 aliphatic carbocycles. The highest BCUT2D eigenvalue weighted by Gasteiger charge is 2.09. The molecule has 2 aromatic carbocycles. The monoisotopic (exact) mass is 384 g/mol. The fourth-order valence-corrected chi connectivity index (χ4v) is 3.66. The Hall–Kier alpha value is -3.71. The quantitative estimate of drug-likeness (QED) is 0.433. The van der Waals surface area contributed by atoms with E-state index in [4.69, 9.17) is 5.73 Å². The molecule has 0 radical (unpaired) electrons. The number of nitrogens with zero attached hydrogens (tertiary/aromatic N) is 4. The molecule has 5 rings (SSSR count). The van der Waals surface area contributed by atoms with Crippen molar-refractivity contribution in [2.24, 2.45) is 0 Å². The van der Waals surface area contributed by atoms with E-state index in [-0.39, 0.29) is 0 Å². The molecule has 136 valence electrons. The number of pyridine rings is 1. The molecule has 0 bridgehead atoms. The Kier molecular flexibility index (Phi) is 3.99. The summed E-state index contributed by atoms with van der Waals surface area (Å²) < 4.78 is 2.08. The van der Waals surface area contributed by atoms with Crippen LogP contribution in [0.3, 0.4) is 0 Å². The standard InChI is InChI=1S/C21H16N6S/c22-17-5-1-3-14(9-17)15-7-8-27-19(12-23-20(27)11-15)16-4-2-6-18(10-16)25-21-26-24-13-28-21/h1-13H,22H2,(H,25,26). The van der Waals surface area contributed by atoms with Crippen LogP contribution >= 0.6 is 11.3 Å². The normalized spacial score (nSPS) is 11.0. The zero-order valence-corrected chi connectivity index (χ0v) is 15.6. The first kappa shape index (κ1) is 16.5. The lowest BCUT2D eigenvalue weighted by Gasteiger charge is -2.07. The average molecular weight is 384 g/mol. The maximum Gasteiger partial charge on any atom is 0.209 e. The lowest BCUT2D eigenvalue weighted by Crippen LogP contribution is -1.92. The summed E-state index contributed by atoms with van der Waals surface area (Å²) in [6.07, 6.45) is 3.93. The van der Waals surface area contributed by atoms with Gasteiger partial charge in [0.25, 0.3) is 0 Å². The fraction of sp³-hybridized carbons (Fsp3) is 0. The number of hydrogen-bond acceptors (Lipinski definition) is 6. The smallest absolute Gasteiger partial charge is 0.209 e. The molecule has 0 spiro atoms. The van der Waals surface area contributed by atoms with Crippen molar-refractivity contribution in [3.8, 4) is 22.4 Å². The van der Waals surface area contributed by atoms with Gasteiger partial charge in [0.15, 0.2) is 0 Å². The van der Waals surface area contributed by atoms with Gasteiger partial charge in [0.2, 0.25) is 5.13 Å². The second-order valence-electron chi connectivity index (χ2n) is 6.36. The third-order valence-corrected chi connectivity index (χ3v) is 5.11. The zero-order valence-electron chi connectivity index (χ0n) is 14.8. The van der Waals surface area contributed by atoms with Crippen molar-refractivity contribution in [2.45, 2.75) is 0 Å². The van der Waals surface area contributed by atoms with Crippen LogP contribution in [0.5, 0.6) is 0 Å². The Bertz CT molecular complexity index is 1260. The average Bonchev–Trinajstić information content (AvgIpc) is 3.37. The van der Waals surface area contributed by atoms with Gasteiger partial charge in [0.1, 0.15) is 11.2 Å². The lowest BCUT2D eigenvalue weighted by molar-refractivity contribution is 1.09. The Balaban J connectivity index is 1.52. The molecule has 0 amide bonds. The van der Waals surface area contributed by atoms with Gasteiger partial charge in [-0.2, -0.15) is 0 Å². The van der Waals surface area contributed by atoms with E-state index in [1.54, 1.807) is 5.51 Å². The van der Waals surface area contributed by atoms with Gasteiger partial charge in [-0.1, -0.05) is 35.6 Å². The summed E-state index contributed by atoms with van der Waals surface area (Å²) in [5, 5.41) is 11.9. The molecule has 3 N–H and O–H groups in total. The van der Waals surface area contributed by atoms with Gasteiger partial charge >= 0.3 is 0 Å². The highest BCUT2D eigenvalue weighted by Crippen LogP contribution is 2.28. The molecule has 0 aliphatic heterocycles. The minimum absolute atomic E-state index is 0.751. The van der Waals surface area contributed by atoms with E-state index in [9.17, 15) is 0 Å². The topological polar surface area (TPSA) is 81.1 Å². The minimum atomic E-state index is 0.751. The summed E-state index contributed by atoms with van der Waals surface area (Å²) in [6, 6.07) is 20.2. The molecule has 6 nitrogen and oxygen atoms in total. The molecular weight excluding hydrogens is 368 g/mol. The van der Waals surface area contributed by atoms with Crippen molar-refractivity contribution in [3.63, 3.8) is 0 Å². The van der Waals surface area contributed by atoms with Crippen LogP contribution in [0.25, 0.3) is 28.0 Å². The SMILES string of the molecule is Nc1cccc(-c2ccn3c(-c4cccc(Nc5nncs5)c4)cnc3c2)c1. The van der Waals surface area contributed by atoms with E-state index in [2.05, 4.69) is 55.2 Å². The highest BCUT2D eigenvalue weighted by atomic mass is 32.1. The van der Waals surface area contributed by atoms with Crippen LogP contribution in [0, 0.1) is 0 Å². The molecular formula is C21H16N6S. The molecule has 0 aliphatic rings. The molecule has 3 heterocycles. The Labute approximate surface area is 165 Å². The van der Waals surface area contributed by atoms with Crippen LogP contribution in [0.15, 0.2) is 78.6 Å². The lowest BCUT2D eigenvalue weighted by atomic mass is 10.1. The molecule has 0 saturated carbocycles. The summed E-state index contributed by atoms with van der Waals surface area (Å²) >= 11 is 1.46. The second-order valence-corrected chi connectivity index (χ2v) is 7.20. The predicted octanol–water partition coefficient (Wildman–Crippen LogP) is 4.85. The van der Waals surface area contributed by atoms with Crippen LogP contribution in [0.4, 0.5) is 16.5 Å². The van der Waals surface area contributed by atoms with Gasteiger partial charge in [-0.05, 0) is 47.5 Å². The van der Waals surface area contributed by atoms with Gasteiger partial charge in [-0.15, -0.1) is 10.2 Å². The summed E-state index contributed by atoms with van der Waals surface area (Å²) in [6.45, 7) is 0. The number of benzene rings is 2. The van der Waals surface area contributed by atoms with E-state index in [0.717, 1.165) is 44.5 Å². The second kappa shape index (κ2) is 6.79. The number of imidazole rings is 1. The van der Waals surface area contributed by atoms with Crippen LogP contribution in [-0.2, 0) is 0 Å². The van der Waals surface area contributed by atoms with Crippen LogP contribution in [0.1, 0.15) is 0 Å². The van der Waals surface area contributed by atoms with E-state index in [1.807, 2.05) is 42.7 Å². The molecule has 0 fully saturated rings. The largest absolute Gasteiger partial charge is 0.399 e. The van der Waals surface area contributed by atoms with Gasteiger partial charge in [0.05, 0.1) is 11.9 Å². The van der Waals surface area contributed by atoms with Gasteiger partial charge < -0.3 is 11.1 Å². The van der Waals surface area contributed by atoms with Crippen molar-refractivity contribution in [1.82, 2.24) is 19.6 Å². The summed E-state index contributed by atoms with van der Waals surface area (Å²) in [5.41, 5.74) is 14.5. The number of aromatic nitrogens is 4. The first-order valence-electron chi connectivity index (χ1n) is 8.73. The van der Waals surface area contributed by atoms with Gasteiger partial charge in [-0.25, -0.2) is 4.98 Å². The first-order valence-corrected chi connectivity index (χ1v) is 9.61. The Morgan fingerprint density at radius 3 is 2.64 bits per heavy atom. The first-order chi connectivity index (χ1) is 13.8. The number of nitrogen functional groups attached to an aromatic ring is 1. The Morgan fingerprint density at radius 1 is 0.929 bits per heavy atom. The number of hydrogen-bond donors (Lipinski definition) is 2. The highest BCUT2D eigenvalue weighted by molar-refractivity contribution is 7.13.